The average Bonchev–Trinajstić information content (AvgIpc) is 2.38. The average molecular weight is 298 g/mol. The summed E-state index contributed by atoms with van der Waals surface area (Å²) < 4.78 is 5.12. The largest absolute Gasteiger partial charge is 0.465 e. The fraction of sp³-hybridized carbons (Fsp3) is 0.533. The highest BCUT2D eigenvalue weighted by atomic mass is 33.1. The van der Waals surface area contributed by atoms with Gasteiger partial charge in [0.05, 0.1) is 5.92 Å². The molecule has 0 heterocycles. The number of carbonyl (C=O) groups is 1. The summed E-state index contributed by atoms with van der Waals surface area (Å²) in [7, 11) is 3.44. The summed E-state index contributed by atoms with van der Waals surface area (Å²) in [4.78, 5) is 12.5. The molecule has 0 fully saturated rings. The number of carbonyl (C=O) groups excluding carboxylic acids is 1. The Balaban J connectivity index is 2.21. The van der Waals surface area contributed by atoms with Crippen molar-refractivity contribution in [3.8, 4) is 0 Å². The molecule has 0 saturated carbocycles. The Kier molecular flexibility index (Phi) is 7.39. The number of ether oxygens (including phenoxy) is 1. The van der Waals surface area contributed by atoms with E-state index in [2.05, 4.69) is 38.1 Å². The van der Waals surface area contributed by atoms with Crippen LogP contribution in [-0.2, 0) is 9.53 Å². The van der Waals surface area contributed by atoms with Crippen LogP contribution in [0.1, 0.15) is 39.2 Å². The van der Waals surface area contributed by atoms with Gasteiger partial charge in [-0.05, 0) is 23.6 Å². The van der Waals surface area contributed by atoms with E-state index in [0.717, 1.165) is 5.75 Å². The van der Waals surface area contributed by atoms with Crippen molar-refractivity contribution in [1.29, 1.82) is 0 Å². The predicted octanol–water partition coefficient (Wildman–Crippen LogP) is 4.75. The topological polar surface area (TPSA) is 26.3 Å². The number of esters is 1. The van der Waals surface area contributed by atoms with Crippen LogP contribution in [0.4, 0.5) is 0 Å². The molecule has 0 unspecified atom stereocenters. The molecule has 4 heteroatoms. The molecule has 19 heavy (non-hydrogen) atoms. The van der Waals surface area contributed by atoms with E-state index in [0.29, 0.717) is 12.5 Å². The Morgan fingerprint density at radius 3 is 2.32 bits per heavy atom. The second-order valence-electron chi connectivity index (χ2n) is 4.95. The maximum atomic E-state index is 11.2. The van der Waals surface area contributed by atoms with Crippen LogP contribution in [0.3, 0.4) is 0 Å². The molecular weight excluding hydrogens is 276 g/mol. The number of rotatable bonds is 7. The lowest BCUT2D eigenvalue weighted by molar-refractivity contribution is -0.146. The number of hydrogen-bond donors (Lipinski definition) is 0. The Bertz CT molecular complexity index is 386. The van der Waals surface area contributed by atoms with E-state index in [1.54, 1.807) is 21.6 Å². The molecule has 106 valence electrons. The quantitative estimate of drug-likeness (QED) is 0.412. The van der Waals surface area contributed by atoms with Crippen molar-refractivity contribution in [1.82, 2.24) is 0 Å². The first-order valence-corrected chi connectivity index (χ1v) is 8.88. The molecule has 0 aromatic heterocycles. The highest BCUT2D eigenvalue weighted by Gasteiger charge is 2.07. The predicted molar refractivity (Wildman–Crippen MR) is 84.6 cm³/mol. The zero-order valence-electron chi connectivity index (χ0n) is 12.0. The first-order valence-electron chi connectivity index (χ1n) is 6.56. The van der Waals surface area contributed by atoms with Crippen LogP contribution in [0.2, 0.25) is 0 Å². The normalized spacial score (nSPS) is 11.1. The minimum atomic E-state index is -0.119. The molecule has 0 saturated heterocycles. The molecule has 0 bridgehead atoms. The second kappa shape index (κ2) is 8.54. The van der Waals surface area contributed by atoms with Gasteiger partial charge >= 0.3 is 5.97 Å². The summed E-state index contributed by atoms with van der Waals surface area (Å²) >= 11 is 0. The molecule has 1 aromatic rings. The zero-order valence-corrected chi connectivity index (χ0v) is 13.6. The van der Waals surface area contributed by atoms with Gasteiger partial charge in [0.25, 0.3) is 0 Å². The van der Waals surface area contributed by atoms with E-state index >= 15 is 0 Å². The fourth-order valence-corrected chi connectivity index (χ4v) is 3.17. The van der Waals surface area contributed by atoms with Gasteiger partial charge < -0.3 is 4.74 Å². The molecule has 0 radical (unpaired) electrons. The zero-order chi connectivity index (χ0) is 14.3. The van der Waals surface area contributed by atoms with E-state index in [-0.39, 0.29) is 11.9 Å². The van der Waals surface area contributed by atoms with Crippen molar-refractivity contribution >= 4 is 27.6 Å². The summed E-state index contributed by atoms with van der Waals surface area (Å²) in [5, 5.41) is 0. The summed E-state index contributed by atoms with van der Waals surface area (Å²) in [6.45, 7) is 8.57. The summed E-state index contributed by atoms with van der Waals surface area (Å²) in [5.41, 5.74) is 1.36. The molecule has 0 aliphatic carbocycles. The van der Waals surface area contributed by atoms with E-state index in [4.69, 9.17) is 4.74 Å². The monoisotopic (exact) mass is 298 g/mol. The lowest BCUT2D eigenvalue weighted by Gasteiger charge is -2.07. The minimum absolute atomic E-state index is 0.0405. The highest BCUT2D eigenvalue weighted by Crippen LogP contribution is 2.31. The molecule has 0 amide bonds. The van der Waals surface area contributed by atoms with E-state index < -0.39 is 0 Å². The van der Waals surface area contributed by atoms with Gasteiger partial charge in [-0.3, -0.25) is 4.79 Å². The van der Waals surface area contributed by atoms with Crippen LogP contribution in [0.15, 0.2) is 29.2 Å². The van der Waals surface area contributed by atoms with E-state index in [1.165, 1.54) is 10.5 Å². The van der Waals surface area contributed by atoms with Crippen LogP contribution in [0, 0.1) is 5.92 Å². The molecule has 1 rings (SSSR count). The van der Waals surface area contributed by atoms with Gasteiger partial charge in [-0.25, -0.2) is 0 Å². The van der Waals surface area contributed by atoms with E-state index in [9.17, 15) is 4.79 Å². The molecule has 0 aliphatic heterocycles. The van der Waals surface area contributed by atoms with Crippen molar-refractivity contribution in [3.05, 3.63) is 29.8 Å². The lowest BCUT2D eigenvalue weighted by atomic mass is 10.0. The molecule has 0 N–H and O–H groups in total. The lowest BCUT2D eigenvalue weighted by Crippen LogP contribution is -2.13. The highest BCUT2D eigenvalue weighted by molar-refractivity contribution is 8.76. The standard InChI is InChI=1S/C15H22O2S2/c1-11(2)13-5-7-14(8-6-13)19-18-10-9-17-15(16)12(3)4/h5-8,11-12H,9-10H2,1-4H3. The van der Waals surface area contributed by atoms with Crippen LogP contribution in [-0.4, -0.2) is 18.3 Å². The Morgan fingerprint density at radius 1 is 1.16 bits per heavy atom. The maximum absolute atomic E-state index is 11.2. The van der Waals surface area contributed by atoms with Crippen LogP contribution in [0.25, 0.3) is 0 Å². The van der Waals surface area contributed by atoms with E-state index in [1.807, 2.05) is 13.8 Å². The maximum Gasteiger partial charge on any atom is 0.308 e. The molecule has 0 spiro atoms. The Labute approximate surface area is 124 Å². The molecule has 1 aromatic carbocycles. The molecule has 0 aliphatic rings. The fourth-order valence-electron chi connectivity index (χ4n) is 1.36. The van der Waals surface area contributed by atoms with Crippen LogP contribution >= 0.6 is 21.6 Å². The second-order valence-corrected chi connectivity index (χ2v) is 7.44. The van der Waals surface area contributed by atoms with Crippen molar-refractivity contribution in [2.75, 3.05) is 12.4 Å². The number of hydrogen-bond acceptors (Lipinski definition) is 4. The molecular formula is C15H22O2S2. The third-order valence-electron chi connectivity index (χ3n) is 2.58. The van der Waals surface area contributed by atoms with Gasteiger partial charge in [0.2, 0.25) is 0 Å². The van der Waals surface area contributed by atoms with Gasteiger partial charge in [0.15, 0.2) is 0 Å². The third-order valence-corrected chi connectivity index (χ3v) is 4.93. The van der Waals surface area contributed by atoms with Crippen molar-refractivity contribution < 1.29 is 9.53 Å². The van der Waals surface area contributed by atoms with Crippen molar-refractivity contribution in [3.63, 3.8) is 0 Å². The van der Waals surface area contributed by atoms with Crippen LogP contribution < -0.4 is 0 Å². The van der Waals surface area contributed by atoms with Crippen LogP contribution in [0.5, 0.6) is 0 Å². The smallest absolute Gasteiger partial charge is 0.308 e. The SMILES string of the molecule is CC(C)C(=O)OCCSSc1ccc(C(C)C)cc1. The first-order chi connectivity index (χ1) is 9.00. The Morgan fingerprint density at radius 2 is 1.79 bits per heavy atom. The third kappa shape index (κ3) is 6.39. The number of benzene rings is 1. The summed E-state index contributed by atoms with van der Waals surface area (Å²) in [6.07, 6.45) is 0. The van der Waals surface area contributed by atoms with Gasteiger partial charge in [-0.1, -0.05) is 61.4 Å². The van der Waals surface area contributed by atoms with Gasteiger partial charge in [0.1, 0.15) is 6.61 Å². The molecule has 2 nitrogen and oxygen atoms in total. The molecule has 0 atom stereocenters. The van der Waals surface area contributed by atoms with Crippen molar-refractivity contribution in [2.45, 2.75) is 38.5 Å². The first kappa shape index (κ1) is 16.4. The minimum Gasteiger partial charge on any atom is -0.465 e. The summed E-state index contributed by atoms with van der Waals surface area (Å²) in [6, 6.07) is 8.64. The van der Waals surface area contributed by atoms with Gasteiger partial charge in [0, 0.05) is 10.6 Å². The summed E-state index contributed by atoms with van der Waals surface area (Å²) in [5.74, 6) is 1.23. The van der Waals surface area contributed by atoms with Gasteiger partial charge in [-0.2, -0.15) is 0 Å². The van der Waals surface area contributed by atoms with Crippen molar-refractivity contribution in [2.24, 2.45) is 5.92 Å². The van der Waals surface area contributed by atoms with Gasteiger partial charge in [-0.15, -0.1) is 0 Å². The Hall–Kier alpha value is -0.610.